The van der Waals surface area contributed by atoms with Gasteiger partial charge in [-0.15, -0.1) is 0 Å². The molecule has 0 aliphatic carbocycles. The summed E-state index contributed by atoms with van der Waals surface area (Å²) in [5, 5.41) is 0. The molecule has 0 spiro atoms. The third-order valence-electron chi connectivity index (χ3n) is 14.5. The van der Waals surface area contributed by atoms with Gasteiger partial charge in [0.2, 0.25) is 5.91 Å². The van der Waals surface area contributed by atoms with Gasteiger partial charge < -0.3 is 14.5 Å². The van der Waals surface area contributed by atoms with E-state index in [9.17, 15) is 4.79 Å². The highest BCUT2D eigenvalue weighted by molar-refractivity contribution is 5.76. The summed E-state index contributed by atoms with van der Waals surface area (Å²) in [5.74, 6) is 0.311. The maximum atomic E-state index is 11.5. The van der Waals surface area contributed by atoms with Crippen LogP contribution in [-0.4, -0.2) is 162 Å². The Balaban J connectivity index is 0.000000147. The highest BCUT2D eigenvalue weighted by Crippen LogP contribution is 2.29. The van der Waals surface area contributed by atoms with Crippen molar-refractivity contribution in [1.82, 2.24) is 29.4 Å². The molecular weight excluding hydrogens is 767 g/mol. The number of hydrogen-bond acceptors (Lipinski definition) is 8. The van der Waals surface area contributed by atoms with Gasteiger partial charge in [-0.05, 0) is 150 Å². The van der Waals surface area contributed by atoms with Crippen molar-refractivity contribution in [3.63, 3.8) is 0 Å². The maximum Gasteiger partial charge on any atom is 0.223 e. The number of amides is 1. The largest absolute Gasteiger partial charge is 0.372 e. The third kappa shape index (κ3) is 15.0. The number of likely N-dealkylation sites (N-methyl/N-ethyl adjacent to an activating group) is 1. The summed E-state index contributed by atoms with van der Waals surface area (Å²) in [6.45, 7) is 39.5. The summed E-state index contributed by atoms with van der Waals surface area (Å²) in [7, 11) is 0. The van der Waals surface area contributed by atoms with Gasteiger partial charge in [0.15, 0.2) is 0 Å². The lowest BCUT2D eigenvalue weighted by Gasteiger charge is -2.39. The van der Waals surface area contributed by atoms with E-state index in [1.807, 2.05) is 11.8 Å². The minimum absolute atomic E-state index is 0.311. The van der Waals surface area contributed by atoms with E-state index >= 15 is 0 Å². The van der Waals surface area contributed by atoms with Crippen LogP contribution in [0.1, 0.15) is 131 Å². The molecule has 3 unspecified atom stereocenters. The standard InChI is InChI=1S/2C12H17N.C10H20N2O.C10H20N2.C9H17NO/c1-10(2)13-9-5-7-11-6-3-4-8-12(11)13;1-10(2)13-8-7-11-5-3-4-6-12(11)9-13;1-4-11-7-8-12(9(2)3)6-5-10(11)13;1-9(2)12-7-6-11-5-3-4-10(11)8-12;1-7(2)10-5-8-3-4-9(6-10)11-8/h3-4,6,8,10H,5,7,9H2,1-2H3;3-6,10H,7-9H2,1-2H3;9H,4-8H2,1-3H3;9-10H,3-8H2,1-2H3;7-9H,3-6H2,1-2H3. The van der Waals surface area contributed by atoms with Crippen molar-refractivity contribution in [3.05, 3.63) is 65.2 Å². The van der Waals surface area contributed by atoms with Crippen LogP contribution in [0.5, 0.6) is 0 Å². The highest BCUT2D eigenvalue weighted by Gasteiger charge is 2.34. The molecule has 2 bridgehead atoms. The Kier molecular flexibility index (Phi) is 20.5. The highest BCUT2D eigenvalue weighted by atomic mass is 16.5. The average molecular weight is 858 g/mol. The van der Waals surface area contributed by atoms with Gasteiger partial charge in [-0.3, -0.25) is 29.3 Å². The molecule has 62 heavy (non-hydrogen) atoms. The monoisotopic (exact) mass is 858 g/mol. The fourth-order valence-electron chi connectivity index (χ4n) is 10.3. The number of ether oxygens (including phenoxy) is 1. The summed E-state index contributed by atoms with van der Waals surface area (Å²) in [6, 6.07) is 21.8. The number of likely N-dealkylation sites (tertiary alicyclic amines) is 1. The van der Waals surface area contributed by atoms with E-state index in [1.165, 1.54) is 101 Å². The minimum atomic E-state index is 0.311. The van der Waals surface area contributed by atoms with Crippen molar-refractivity contribution >= 4 is 11.6 Å². The van der Waals surface area contributed by atoms with Crippen LogP contribution in [0.4, 0.5) is 5.69 Å². The number of aryl methyl sites for hydroxylation is 1. The first-order chi connectivity index (χ1) is 29.7. The first-order valence-electron chi connectivity index (χ1n) is 25.3. The zero-order chi connectivity index (χ0) is 44.8. The zero-order valence-corrected chi connectivity index (χ0v) is 41.5. The molecule has 7 heterocycles. The van der Waals surface area contributed by atoms with E-state index in [0.29, 0.717) is 48.7 Å². The molecule has 9 rings (SSSR count). The molecule has 5 fully saturated rings. The molecular formula is C53H91N7O2. The number of carbonyl (C=O) groups is 1. The van der Waals surface area contributed by atoms with Crippen LogP contribution in [0.3, 0.4) is 0 Å². The Morgan fingerprint density at radius 1 is 0.532 bits per heavy atom. The van der Waals surface area contributed by atoms with Crippen LogP contribution in [0.15, 0.2) is 48.5 Å². The van der Waals surface area contributed by atoms with Crippen molar-refractivity contribution in [2.75, 3.05) is 83.4 Å². The Hall–Kier alpha value is -2.53. The van der Waals surface area contributed by atoms with Gasteiger partial charge >= 0.3 is 0 Å². The van der Waals surface area contributed by atoms with Gasteiger partial charge in [-0.25, -0.2) is 0 Å². The van der Waals surface area contributed by atoms with Gasteiger partial charge in [0.25, 0.3) is 0 Å². The quantitative estimate of drug-likeness (QED) is 0.287. The second kappa shape index (κ2) is 25.2. The Bertz CT molecular complexity index is 1590. The summed E-state index contributed by atoms with van der Waals surface area (Å²) in [4.78, 5) is 28.7. The van der Waals surface area contributed by atoms with Gasteiger partial charge in [0, 0.05) is 127 Å². The molecule has 2 aromatic carbocycles. The van der Waals surface area contributed by atoms with Crippen LogP contribution < -0.4 is 4.90 Å². The number of morpholine rings is 1. The topological polar surface area (TPSA) is 49.0 Å². The number of carbonyl (C=O) groups excluding carboxylic acids is 1. The molecule has 0 N–H and O–H groups in total. The molecule has 2 aromatic rings. The van der Waals surface area contributed by atoms with Crippen LogP contribution in [0.2, 0.25) is 0 Å². The van der Waals surface area contributed by atoms with Crippen LogP contribution in [-0.2, 0) is 28.9 Å². The third-order valence-corrected chi connectivity index (χ3v) is 14.5. The average Bonchev–Trinajstić information content (AvgIpc) is 3.83. The fraction of sp³-hybridized carbons (Fsp3) is 0.755. The van der Waals surface area contributed by atoms with Crippen LogP contribution >= 0.6 is 0 Å². The summed E-state index contributed by atoms with van der Waals surface area (Å²) in [5.41, 5.74) is 6.02. The number of fused-ring (bicyclic) bond motifs is 5. The SMILES string of the molecule is CC(C)N1CC2CCC(C1)O2.CC(C)N1CCCc2ccccc21.CC(C)N1CCN2CCCC2C1.CC(C)N1CCc2ccccc2C1.CCN1CCN(C(C)C)CCC1=O. The lowest BCUT2D eigenvalue weighted by Crippen LogP contribution is -2.52. The van der Waals surface area contributed by atoms with Crippen molar-refractivity contribution in [2.24, 2.45) is 0 Å². The van der Waals surface area contributed by atoms with E-state index in [1.54, 1.807) is 5.56 Å². The Labute approximate surface area is 380 Å². The maximum absolute atomic E-state index is 11.5. The molecule has 9 nitrogen and oxygen atoms in total. The molecule has 9 heteroatoms. The molecule has 0 aromatic heterocycles. The van der Waals surface area contributed by atoms with E-state index in [-0.39, 0.29) is 0 Å². The molecule has 7 aliphatic heterocycles. The zero-order valence-electron chi connectivity index (χ0n) is 41.5. The first kappa shape index (κ1) is 50.5. The van der Waals surface area contributed by atoms with E-state index in [4.69, 9.17) is 4.74 Å². The van der Waals surface area contributed by atoms with E-state index in [2.05, 4.69) is 147 Å². The lowest BCUT2D eigenvalue weighted by molar-refractivity contribution is -0.130. The van der Waals surface area contributed by atoms with Gasteiger partial charge in [0.1, 0.15) is 0 Å². The molecule has 5 saturated heterocycles. The molecule has 3 atom stereocenters. The van der Waals surface area contributed by atoms with Gasteiger partial charge in [0.05, 0.1) is 12.2 Å². The van der Waals surface area contributed by atoms with Crippen molar-refractivity contribution < 1.29 is 9.53 Å². The number of rotatable bonds is 6. The Morgan fingerprint density at radius 3 is 1.76 bits per heavy atom. The van der Waals surface area contributed by atoms with Crippen molar-refractivity contribution in [1.29, 1.82) is 0 Å². The van der Waals surface area contributed by atoms with Crippen LogP contribution in [0, 0.1) is 0 Å². The smallest absolute Gasteiger partial charge is 0.223 e. The second-order valence-corrected chi connectivity index (χ2v) is 20.4. The summed E-state index contributed by atoms with van der Waals surface area (Å²) < 4.78 is 5.74. The van der Waals surface area contributed by atoms with Gasteiger partial charge in [-0.1, -0.05) is 42.5 Å². The molecule has 0 radical (unpaired) electrons. The molecule has 1 amide bonds. The minimum Gasteiger partial charge on any atom is -0.372 e. The van der Waals surface area contributed by atoms with Crippen molar-refractivity contribution in [2.45, 2.75) is 183 Å². The summed E-state index contributed by atoms with van der Waals surface area (Å²) >= 11 is 0. The first-order valence-corrected chi connectivity index (χ1v) is 25.3. The summed E-state index contributed by atoms with van der Waals surface area (Å²) in [6.07, 6.45) is 11.0. The van der Waals surface area contributed by atoms with Crippen molar-refractivity contribution in [3.8, 4) is 0 Å². The van der Waals surface area contributed by atoms with E-state index < -0.39 is 0 Å². The molecule has 350 valence electrons. The predicted octanol–water partition coefficient (Wildman–Crippen LogP) is 8.68. The predicted molar refractivity (Wildman–Crippen MR) is 262 cm³/mol. The number of anilines is 1. The number of piperazine rings is 1. The number of nitrogens with zero attached hydrogens (tertiary/aromatic N) is 7. The number of benzene rings is 2. The second-order valence-electron chi connectivity index (χ2n) is 20.4. The van der Waals surface area contributed by atoms with E-state index in [0.717, 1.165) is 57.9 Å². The van der Waals surface area contributed by atoms with Gasteiger partial charge in [-0.2, -0.15) is 0 Å². The Morgan fingerprint density at radius 2 is 1.13 bits per heavy atom. The van der Waals surface area contributed by atoms with Crippen LogP contribution in [0.25, 0.3) is 0 Å². The molecule has 7 aliphatic rings. The number of hydrogen-bond donors (Lipinski definition) is 0. The lowest BCUT2D eigenvalue weighted by atomic mass is 9.99. The fourth-order valence-corrected chi connectivity index (χ4v) is 10.3. The normalized spacial score (nSPS) is 24.6. The number of para-hydroxylation sites is 1. The molecule has 0 saturated carbocycles.